The van der Waals surface area contributed by atoms with Gasteiger partial charge in [-0.05, 0) is 12.8 Å². The zero-order valence-electron chi connectivity index (χ0n) is 8.66. The minimum Gasteiger partial charge on any atom is -0.302 e. The molecule has 0 radical (unpaired) electrons. The maximum Gasteiger partial charge on any atom is 0.483 e. The van der Waals surface area contributed by atoms with Crippen LogP contribution in [0.25, 0.3) is 0 Å². The SMILES string of the molecule is CCCOP(=O)(OCCC)OP(=O)(O)O. The van der Waals surface area contributed by atoms with Gasteiger partial charge in [-0.15, -0.1) is 0 Å². The van der Waals surface area contributed by atoms with E-state index in [1.54, 1.807) is 13.8 Å². The monoisotopic (exact) mass is 262 g/mol. The van der Waals surface area contributed by atoms with Gasteiger partial charge in [-0.25, -0.2) is 9.13 Å². The molecule has 0 fully saturated rings. The van der Waals surface area contributed by atoms with Crippen LogP contribution >= 0.6 is 15.6 Å². The Bertz CT molecular complexity index is 248. The summed E-state index contributed by atoms with van der Waals surface area (Å²) in [6.07, 6.45) is 1.06. The Labute approximate surface area is 88.6 Å². The van der Waals surface area contributed by atoms with Gasteiger partial charge < -0.3 is 9.79 Å². The van der Waals surface area contributed by atoms with Crippen LogP contribution in [0.3, 0.4) is 0 Å². The van der Waals surface area contributed by atoms with Crippen LogP contribution in [0.1, 0.15) is 26.7 Å². The van der Waals surface area contributed by atoms with Crippen LogP contribution in [0.5, 0.6) is 0 Å². The van der Waals surface area contributed by atoms with Crippen molar-refractivity contribution in [1.82, 2.24) is 0 Å². The molecule has 0 amide bonds. The highest BCUT2D eigenvalue weighted by atomic mass is 31.3. The normalized spacial score (nSPS) is 13.1. The molecule has 0 aromatic heterocycles. The molecular formula is C6H16O7P2. The second-order valence-corrected chi connectivity index (χ2v) is 5.73. The van der Waals surface area contributed by atoms with Gasteiger partial charge in [0.2, 0.25) is 0 Å². The Hall–Kier alpha value is 0.260. The van der Waals surface area contributed by atoms with E-state index < -0.39 is 15.6 Å². The zero-order valence-corrected chi connectivity index (χ0v) is 10.4. The third kappa shape index (κ3) is 8.11. The predicted molar refractivity (Wildman–Crippen MR) is 53.2 cm³/mol. The van der Waals surface area contributed by atoms with E-state index in [-0.39, 0.29) is 13.2 Å². The van der Waals surface area contributed by atoms with Gasteiger partial charge in [0.05, 0.1) is 13.2 Å². The largest absolute Gasteiger partial charge is 0.483 e. The fourth-order valence-corrected chi connectivity index (χ4v) is 2.93. The van der Waals surface area contributed by atoms with Crippen molar-refractivity contribution in [1.29, 1.82) is 0 Å². The van der Waals surface area contributed by atoms with Gasteiger partial charge in [0.25, 0.3) is 0 Å². The molecule has 0 spiro atoms. The first-order chi connectivity index (χ1) is 6.83. The Morgan fingerprint density at radius 2 is 1.40 bits per heavy atom. The smallest absolute Gasteiger partial charge is 0.302 e. The van der Waals surface area contributed by atoms with Crippen LogP contribution in [-0.2, 0) is 22.5 Å². The summed E-state index contributed by atoms with van der Waals surface area (Å²) in [5.74, 6) is 0. The van der Waals surface area contributed by atoms with Crippen molar-refractivity contribution in [3.63, 3.8) is 0 Å². The van der Waals surface area contributed by atoms with Gasteiger partial charge in [0, 0.05) is 0 Å². The molecular weight excluding hydrogens is 246 g/mol. The first-order valence-corrected chi connectivity index (χ1v) is 7.48. The van der Waals surface area contributed by atoms with Gasteiger partial charge in [-0.3, -0.25) is 9.05 Å². The Morgan fingerprint density at radius 3 is 1.67 bits per heavy atom. The van der Waals surface area contributed by atoms with E-state index in [0.717, 1.165) is 0 Å². The van der Waals surface area contributed by atoms with Gasteiger partial charge in [0.15, 0.2) is 0 Å². The molecule has 15 heavy (non-hydrogen) atoms. The molecule has 7 nitrogen and oxygen atoms in total. The third-order valence-electron chi connectivity index (χ3n) is 1.11. The molecule has 9 heteroatoms. The van der Waals surface area contributed by atoms with Crippen LogP contribution in [0.4, 0.5) is 0 Å². The fraction of sp³-hybridized carbons (Fsp3) is 1.00. The lowest BCUT2D eigenvalue weighted by molar-refractivity contribution is 0.140. The highest BCUT2D eigenvalue weighted by molar-refractivity contribution is 7.61. The van der Waals surface area contributed by atoms with Crippen molar-refractivity contribution in [3.8, 4) is 0 Å². The Kier molecular flexibility index (Phi) is 6.88. The summed E-state index contributed by atoms with van der Waals surface area (Å²) in [5, 5.41) is 0. The average molecular weight is 262 g/mol. The molecule has 0 atom stereocenters. The summed E-state index contributed by atoms with van der Waals surface area (Å²) >= 11 is 0. The lowest BCUT2D eigenvalue weighted by Crippen LogP contribution is -2.01. The van der Waals surface area contributed by atoms with Gasteiger partial charge in [-0.2, -0.15) is 4.31 Å². The first kappa shape index (κ1) is 15.3. The minimum absolute atomic E-state index is 0.0427. The van der Waals surface area contributed by atoms with Crippen molar-refractivity contribution in [2.24, 2.45) is 0 Å². The molecule has 0 saturated heterocycles. The minimum atomic E-state index is -4.88. The van der Waals surface area contributed by atoms with E-state index in [4.69, 9.17) is 9.79 Å². The lowest BCUT2D eigenvalue weighted by Gasteiger charge is -2.17. The molecule has 0 aliphatic rings. The van der Waals surface area contributed by atoms with E-state index >= 15 is 0 Å². The van der Waals surface area contributed by atoms with Crippen LogP contribution in [-0.4, -0.2) is 23.0 Å². The average Bonchev–Trinajstić information content (AvgIpc) is 2.09. The maximum absolute atomic E-state index is 11.6. The molecule has 92 valence electrons. The summed E-state index contributed by atoms with van der Waals surface area (Å²) in [4.78, 5) is 17.0. The van der Waals surface area contributed by atoms with Gasteiger partial charge >= 0.3 is 15.6 Å². The Morgan fingerprint density at radius 1 is 1.00 bits per heavy atom. The number of hydrogen-bond donors (Lipinski definition) is 2. The number of phosphoric acid groups is 2. The van der Waals surface area contributed by atoms with E-state index in [9.17, 15) is 9.13 Å². The standard InChI is InChI=1S/C6H16O7P2/c1-3-5-11-15(10,12-6-4-2)13-14(7,8)9/h3-6H2,1-2H3,(H2,7,8,9). The highest BCUT2D eigenvalue weighted by Gasteiger charge is 2.35. The summed E-state index contributed by atoms with van der Waals surface area (Å²) in [6, 6.07) is 0. The molecule has 0 unspecified atom stereocenters. The molecule has 0 aliphatic carbocycles. The van der Waals surface area contributed by atoms with Crippen molar-refractivity contribution >= 4 is 15.6 Å². The Balaban J connectivity index is 4.40. The molecule has 0 aromatic carbocycles. The number of rotatable bonds is 8. The van der Waals surface area contributed by atoms with Crippen molar-refractivity contribution in [2.75, 3.05) is 13.2 Å². The summed E-state index contributed by atoms with van der Waals surface area (Å²) < 4.78 is 35.5. The molecule has 0 heterocycles. The second kappa shape index (κ2) is 6.76. The van der Waals surface area contributed by atoms with Crippen molar-refractivity contribution < 1.29 is 32.3 Å². The highest BCUT2D eigenvalue weighted by Crippen LogP contribution is 2.61. The van der Waals surface area contributed by atoms with Crippen LogP contribution in [0.2, 0.25) is 0 Å². The first-order valence-electron chi connectivity index (χ1n) is 4.49. The molecule has 0 saturated carbocycles. The van der Waals surface area contributed by atoms with Crippen LogP contribution in [0.15, 0.2) is 0 Å². The van der Waals surface area contributed by atoms with Crippen LogP contribution < -0.4 is 0 Å². The summed E-state index contributed by atoms with van der Waals surface area (Å²) in [5.41, 5.74) is 0. The maximum atomic E-state index is 11.6. The third-order valence-corrected chi connectivity index (χ3v) is 3.76. The fourth-order valence-electron chi connectivity index (χ4n) is 0.621. The second-order valence-electron chi connectivity index (χ2n) is 2.69. The lowest BCUT2D eigenvalue weighted by atomic mass is 10.5. The summed E-state index contributed by atoms with van der Waals surface area (Å²) in [7, 11) is -9.02. The van der Waals surface area contributed by atoms with Crippen molar-refractivity contribution in [3.05, 3.63) is 0 Å². The van der Waals surface area contributed by atoms with E-state index in [2.05, 4.69) is 13.4 Å². The van der Waals surface area contributed by atoms with E-state index in [1.165, 1.54) is 0 Å². The van der Waals surface area contributed by atoms with Gasteiger partial charge in [-0.1, -0.05) is 13.8 Å². The van der Waals surface area contributed by atoms with Crippen LogP contribution in [0, 0.1) is 0 Å². The molecule has 0 aromatic rings. The van der Waals surface area contributed by atoms with Crippen molar-refractivity contribution in [2.45, 2.75) is 26.7 Å². The van der Waals surface area contributed by atoms with Gasteiger partial charge in [0.1, 0.15) is 0 Å². The number of hydrogen-bond acceptors (Lipinski definition) is 5. The quantitative estimate of drug-likeness (QED) is 0.645. The predicted octanol–water partition coefficient (Wildman–Crippen LogP) is 2.06. The van der Waals surface area contributed by atoms with E-state index in [1.807, 2.05) is 0 Å². The molecule has 2 N–H and O–H groups in total. The topological polar surface area (TPSA) is 102 Å². The molecule has 0 rings (SSSR count). The number of phosphoric ester groups is 1. The molecule has 0 bridgehead atoms. The van der Waals surface area contributed by atoms with E-state index in [0.29, 0.717) is 12.8 Å². The summed E-state index contributed by atoms with van der Waals surface area (Å²) in [6.45, 7) is 3.59. The molecule has 0 aliphatic heterocycles. The zero-order chi connectivity index (χ0) is 11.9.